The number of hydrogen-bond acceptors (Lipinski definition) is 1. The van der Waals surface area contributed by atoms with Gasteiger partial charge < -0.3 is 0 Å². The molecule has 0 aliphatic heterocycles. The summed E-state index contributed by atoms with van der Waals surface area (Å²) in [5.41, 5.74) is 1.24. The fourth-order valence-corrected chi connectivity index (χ4v) is 3.65. The molecule has 0 aromatic heterocycles. The highest BCUT2D eigenvalue weighted by Gasteiger charge is 2.59. The van der Waals surface area contributed by atoms with E-state index in [4.69, 9.17) is 0 Å². The van der Waals surface area contributed by atoms with Gasteiger partial charge in [0.25, 0.3) is 0 Å². The third-order valence-electron chi connectivity index (χ3n) is 3.13. The molecule has 2 heteroatoms. The van der Waals surface area contributed by atoms with Crippen molar-refractivity contribution in [1.82, 2.24) is 0 Å². The van der Waals surface area contributed by atoms with Crippen LogP contribution in [0.3, 0.4) is 0 Å². The van der Waals surface area contributed by atoms with E-state index in [-0.39, 0.29) is 0 Å². The Morgan fingerprint density at radius 3 is 2.27 bits per heavy atom. The van der Waals surface area contributed by atoms with E-state index in [2.05, 4.69) is 36.0 Å². The Balaban J connectivity index is 2.40. The van der Waals surface area contributed by atoms with E-state index in [1.165, 1.54) is 23.9 Å². The predicted molar refractivity (Wildman–Crippen MR) is 57.6 cm³/mol. The molecule has 1 atom stereocenters. The summed E-state index contributed by atoms with van der Waals surface area (Å²) in [5, 5.41) is 1.19. The Morgan fingerprint density at radius 2 is 2.00 bits per heavy atom. The molecule has 1 aliphatic rings. The number of halogens is 1. The SMILES string of the molecule is CSCCC1(CBr)CC1(C)C. The zero-order valence-electron chi connectivity index (χ0n) is 7.61. The molecule has 0 aromatic carbocycles. The normalized spacial score (nSPS) is 33.8. The van der Waals surface area contributed by atoms with Crippen LogP contribution in [0, 0.1) is 10.8 Å². The van der Waals surface area contributed by atoms with Crippen molar-refractivity contribution in [3.63, 3.8) is 0 Å². The average molecular weight is 237 g/mol. The number of thioether (sulfide) groups is 1. The molecule has 0 nitrogen and oxygen atoms in total. The fourth-order valence-electron chi connectivity index (χ4n) is 1.82. The van der Waals surface area contributed by atoms with E-state index in [1.807, 2.05) is 11.8 Å². The molecule has 0 amide bonds. The molecule has 1 rings (SSSR count). The number of alkyl halides is 1. The molecule has 0 aromatic rings. The van der Waals surface area contributed by atoms with Gasteiger partial charge in [-0.05, 0) is 35.7 Å². The zero-order chi connectivity index (χ0) is 8.54. The molecule has 1 aliphatic carbocycles. The van der Waals surface area contributed by atoms with Gasteiger partial charge >= 0.3 is 0 Å². The molecule has 0 radical (unpaired) electrons. The highest BCUT2D eigenvalue weighted by atomic mass is 79.9. The summed E-state index contributed by atoms with van der Waals surface area (Å²) in [4.78, 5) is 0. The van der Waals surface area contributed by atoms with Gasteiger partial charge in [-0.25, -0.2) is 0 Å². The van der Waals surface area contributed by atoms with E-state index >= 15 is 0 Å². The van der Waals surface area contributed by atoms with Crippen LogP contribution in [0.1, 0.15) is 26.7 Å². The first-order valence-corrected chi connectivity index (χ1v) is 6.64. The molecule has 1 fully saturated rings. The summed E-state index contributed by atoms with van der Waals surface area (Å²) in [6.45, 7) is 4.77. The summed E-state index contributed by atoms with van der Waals surface area (Å²) >= 11 is 5.59. The Labute approximate surface area is 82.6 Å². The molecule has 1 unspecified atom stereocenters. The van der Waals surface area contributed by atoms with Crippen LogP contribution in [0.15, 0.2) is 0 Å². The minimum atomic E-state index is 0.603. The molecular weight excluding hydrogens is 220 g/mol. The van der Waals surface area contributed by atoms with E-state index < -0.39 is 0 Å². The molecule has 11 heavy (non-hydrogen) atoms. The molecular formula is C9H17BrS. The van der Waals surface area contributed by atoms with Crippen LogP contribution in [-0.2, 0) is 0 Å². The lowest BCUT2D eigenvalue weighted by atomic mass is 9.95. The van der Waals surface area contributed by atoms with Crippen molar-refractivity contribution in [1.29, 1.82) is 0 Å². The second-order valence-electron chi connectivity index (χ2n) is 4.22. The van der Waals surface area contributed by atoms with Gasteiger partial charge in [0.1, 0.15) is 0 Å². The second kappa shape index (κ2) is 3.29. The number of rotatable bonds is 4. The molecule has 0 heterocycles. The van der Waals surface area contributed by atoms with Crippen LogP contribution < -0.4 is 0 Å². The molecule has 0 bridgehead atoms. The Bertz CT molecular complexity index is 144. The van der Waals surface area contributed by atoms with Gasteiger partial charge in [0.05, 0.1) is 0 Å². The topological polar surface area (TPSA) is 0 Å². The Kier molecular flexibility index (Phi) is 2.97. The van der Waals surface area contributed by atoms with Crippen LogP contribution in [0.25, 0.3) is 0 Å². The van der Waals surface area contributed by atoms with E-state index in [0.29, 0.717) is 10.8 Å². The maximum Gasteiger partial charge on any atom is 0.00935 e. The molecule has 1 saturated carbocycles. The van der Waals surface area contributed by atoms with Crippen molar-refractivity contribution in [3.8, 4) is 0 Å². The van der Waals surface area contributed by atoms with Crippen LogP contribution in [0.4, 0.5) is 0 Å². The van der Waals surface area contributed by atoms with E-state index in [0.717, 1.165) is 0 Å². The zero-order valence-corrected chi connectivity index (χ0v) is 10.0. The quantitative estimate of drug-likeness (QED) is 0.674. The van der Waals surface area contributed by atoms with Gasteiger partial charge in [0, 0.05) is 5.33 Å². The lowest BCUT2D eigenvalue weighted by Gasteiger charge is -2.16. The Hall–Kier alpha value is 0.830. The molecule has 0 spiro atoms. The average Bonchev–Trinajstić information content (AvgIpc) is 2.50. The third-order valence-corrected chi connectivity index (χ3v) is 4.82. The van der Waals surface area contributed by atoms with Crippen LogP contribution in [-0.4, -0.2) is 17.3 Å². The fraction of sp³-hybridized carbons (Fsp3) is 1.00. The lowest BCUT2D eigenvalue weighted by molar-refractivity contribution is 0.419. The van der Waals surface area contributed by atoms with Gasteiger partial charge in [0.2, 0.25) is 0 Å². The van der Waals surface area contributed by atoms with Crippen molar-refractivity contribution < 1.29 is 0 Å². The maximum atomic E-state index is 3.63. The van der Waals surface area contributed by atoms with Crippen molar-refractivity contribution in [2.75, 3.05) is 17.3 Å². The van der Waals surface area contributed by atoms with Crippen LogP contribution in [0.5, 0.6) is 0 Å². The van der Waals surface area contributed by atoms with Crippen molar-refractivity contribution in [2.45, 2.75) is 26.7 Å². The Morgan fingerprint density at radius 1 is 1.45 bits per heavy atom. The summed E-state index contributed by atoms with van der Waals surface area (Å²) in [7, 11) is 0. The van der Waals surface area contributed by atoms with Crippen molar-refractivity contribution >= 4 is 27.7 Å². The summed E-state index contributed by atoms with van der Waals surface area (Å²) in [5.74, 6) is 1.31. The standard InChI is InChI=1S/C9H17BrS/c1-8(2)6-9(8,7-10)4-5-11-3/h4-7H2,1-3H3. The summed E-state index contributed by atoms with van der Waals surface area (Å²) < 4.78 is 0. The van der Waals surface area contributed by atoms with E-state index in [9.17, 15) is 0 Å². The second-order valence-corrected chi connectivity index (χ2v) is 5.76. The minimum Gasteiger partial charge on any atom is -0.165 e. The molecule has 0 N–H and O–H groups in total. The predicted octanol–water partition coefficient (Wildman–Crippen LogP) is 3.55. The van der Waals surface area contributed by atoms with Crippen LogP contribution in [0.2, 0.25) is 0 Å². The number of hydrogen-bond donors (Lipinski definition) is 0. The highest BCUT2D eigenvalue weighted by molar-refractivity contribution is 9.09. The van der Waals surface area contributed by atoms with Crippen molar-refractivity contribution in [3.05, 3.63) is 0 Å². The first-order chi connectivity index (χ1) is 5.08. The van der Waals surface area contributed by atoms with Gasteiger partial charge in [0.15, 0.2) is 0 Å². The first-order valence-electron chi connectivity index (χ1n) is 4.13. The van der Waals surface area contributed by atoms with Crippen LogP contribution >= 0.6 is 27.7 Å². The highest BCUT2D eigenvalue weighted by Crippen LogP contribution is 2.66. The van der Waals surface area contributed by atoms with Crippen molar-refractivity contribution in [2.24, 2.45) is 10.8 Å². The van der Waals surface area contributed by atoms with Gasteiger partial charge in [-0.15, -0.1) is 0 Å². The summed E-state index contributed by atoms with van der Waals surface area (Å²) in [6, 6.07) is 0. The minimum absolute atomic E-state index is 0.603. The third kappa shape index (κ3) is 1.77. The van der Waals surface area contributed by atoms with Gasteiger partial charge in [-0.2, -0.15) is 11.8 Å². The largest absolute Gasteiger partial charge is 0.165 e. The van der Waals surface area contributed by atoms with Gasteiger partial charge in [-0.1, -0.05) is 29.8 Å². The van der Waals surface area contributed by atoms with Gasteiger partial charge in [-0.3, -0.25) is 0 Å². The first kappa shape index (κ1) is 9.91. The van der Waals surface area contributed by atoms with E-state index in [1.54, 1.807) is 0 Å². The monoisotopic (exact) mass is 236 g/mol. The molecule has 0 saturated heterocycles. The smallest absolute Gasteiger partial charge is 0.00935 e. The lowest BCUT2D eigenvalue weighted by Crippen LogP contribution is -2.11. The summed E-state index contributed by atoms with van der Waals surface area (Å²) in [6.07, 6.45) is 4.98. The maximum absolute atomic E-state index is 3.63. The molecule has 66 valence electrons.